The van der Waals surface area contributed by atoms with Crippen molar-refractivity contribution in [3.05, 3.63) is 0 Å². The molecule has 0 spiro atoms. The molecule has 0 heterocycles. The van der Waals surface area contributed by atoms with E-state index in [-0.39, 0.29) is 29.6 Å². The van der Waals surface area contributed by atoms with Crippen LogP contribution in [-0.2, 0) is 4.79 Å². The summed E-state index contributed by atoms with van der Waals surface area (Å²) < 4.78 is 0. The topological polar surface area (TPSA) is 101 Å². The van der Waals surface area contributed by atoms with Gasteiger partial charge in [-0.05, 0) is 0 Å². The average Bonchev–Trinajstić information content (AvgIpc) is 1.84. The number of hydrogen-bond acceptors (Lipinski definition) is 5. The Hall–Kier alpha value is 0.350. The summed E-state index contributed by atoms with van der Waals surface area (Å²) in [5.41, 5.74) is 0. The second-order valence-electron chi connectivity index (χ2n) is 1.51. The Morgan fingerprint density at radius 3 is 2.00 bits per heavy atom. The molecule has 0 aromatic carbocycles. The summed E-state index contributed by atoms with van der Waals surface area (Å²) in [6, 6.07) is 0. The number of carboxylic acids is 1. The van der Waals surface area contributed by atoms with E-state index in [4.69, 9.17) is 15.3 Å². The zero-order valence-corrected chi connectivity index (χ0v) is 7.52. The Kier molecular flexibility index (Phi) is 7.90. The molecule has 0 unspecified atom stereocenters. The first-order chi connectivity index (χ1) is 4.09. The molecule has 0 saturated heterocycles. The molecule has 5 nitrogen and oxygen atoms in total. The molecule has 54 valence electrons. The molecule has 0 saturated carbocycles. The van der Waals surface area contributed by atoms with Crippen molar-refractivity contribution in [1.82, 2.24) is 0 Å². The molecule has 0 aromatic heterocycles. The van der Waals surface area contributed by atoms with E-state index >= 15 is 0 Å². The van der Waals surface area contributed by atoms with E-state index in [9.17, 15) is 9.90 Å². The Morgan fingerprint density at radius 2 is 1.90 bits per heavy atom. The van der Waals surface area contributed by atoms with Gasteiger partial charge in [-0.2, -0.15) is 0 Å². The number of hydrogen-bond donors (Lipinski definition) is 3. The second-order valence-corrected chi connectivity index (χ2v) is 1.51. The third-order valence-corrected chi connectivity index (χ3v) is 0.793. The Morgan fingerprint density at radius 1 is 1.50 bits per heavy atom. The first kappa shape index (κ1) is 13.0. The quantitative estimate of drug-likeness (QED) is 0.354. The largest absolute Gasteiger partial charge is 1.00 e. The Labute approximate surface area is 79.6 Å². The van der Waals surface area contributed by atoms with Crippen molar-refractivity contribution < 1.29 is 54.8 Å². The molecule has 0 aliphatic rings. The van der Waals surface area contributed by atoms with Crippen LogP contribution in [0.3, 0.4) is 0 Å². The van der Waals surface area contributed by atoms with Crippen molar-refractivity contribution in [2.45, 2.75) is 12.2 Å². The second kappa shape index (κ2) is 6.09. The van der Waals surface area contributed by atoms with Crippen LogP contribution in [0.2, 0.25) is 0 Å². The predicted octanol–water partition coefficient (Wildman–Crippen LogP) is -6.55. The molecule has 0 radical (unpaired) electrons. The number of rotatable bonds is 3. The maximum absolute atomic E-state index is 9.67. The summed E-state index contributed by atoms with van der Waals surface area (Å²) in [4.78, 5) is 9.67. The molecule has 3 N–H and O–H groups in total. The number of carbonyl (C=O) groups excluding carboxylic acids is 1. The van der Waals surface area contributed by atoms with Gasteiger partial charge in [-0.25, -0.2) is 0 Å². The number of carbonyl (C=O) groups is 1. The average molecular weight is 158 g/mol. The maximum Gasteiger partial charge on any atom is 1.00 e. The molecular formula is C4H7NaO5. The van der Waals surface area contributed by atoms with Gasteiger partial charge in [0.05, 0.1) is 12.6 Å². The van der Waals surface area contributed by atoms with Gasteiger partial charge in [-0.3, -0.25) is 0 Å². The van der Waals surface area contributed by atoms with Crippen molar-refractivity contribution in [2.24, 2.45) is 0 Å². The van der Waals surface area contributed by atoms with Gasteiger partial charge in [0, 0.05) is 0 Å². The molecule has 0 bridgehead atoms. The molecule has 0 aromatic rings. The van der Waals surface area contributed by atoms with Gasteiger partial charge in [0.15, 0.2) is 0 Å². The van der Waals surface area contributed by atoms with E-state index in [1.807, 2.05) is 0 Å². The first-order valence-electron chi connectivity index (χ1n) is 2.27. The van der Waals surface area contributed by atoms with Crippen molar-refractivity contribution >= 4 is 5.97 Å². The summed E-state index contributed by atoms with van der Waals surface area (Å²) in [5, 5.41) is 34.4. The van der Waals surface area contributed by atoms with Crippen LogP contribution >= 0.6 is 0 Å². The molecule has 0 aliphatic carbocycles. The summed E-state index contributed by atoms with van der Waals surface area (Å²) in [6.45, 7) is -0.796. The standard InChI is InChI=1S/C4H8O5.Na/c5-1-2(6)3(7)4(8)9;/h2-3,5-7H,1H2,(H,8,9);/q;+1/p-1/t2-,3-;/m1./s1. The predicted molar refractivity (Wildman–Crippen MR) is 24.1 cm³/mol. The van der Waals surface area contributed by atoms with Gasteiger partial charge in [0.25, 0.3) is 0 Å². The van der Waals surface area contributed by atoms with E-state index in [1.165, 1.54) is 0 Å². The molecule has 2 atom stereocenters. The number of aliphatic hydroxyl groups is 3. The van der Waals surface area contributed by atoms with Gasteiger partial charge >= 0.3 is 29.6 Å². The fourth-order valence-corrected chi connectivity index (χ4v) is 0.257. The van der Waals surface area contributed by atoms with Crippen molar-refractivity contribution in [3.8, 4) is 0 Å². The molecule has 0 aliphatic heterocycles. The SMILES string of the molecule is O=C([O-])[C@H](O)[C@H](O)CO.[Na+]. The van der Waals surface area contributed by atoms with Crippen molar-refractivity contribution in [1.29, 1.82) is 0 Å². The first-order valence-corrected chi connectivity index (χ1v) is 2.27. The van der Waals surface area contributed by atoms with E-state index in [0.717, 1.165) is 0 Å². The minimum atomic E-state index is -2.00. The number of aliphatic hydroxyl groups excluding tert-OH is 3. The van der Waals surface area contributed by atoms with E-state index in [0.29, 0.717) is 0 Å². The molecular weight excluding hydrogens is 151 g/mol. The van der Waals surface area contributed by atoms with E-state index in [1.54, 1.807) is 0 Å². The summed E-state index contributed by atoms with van der Waals surface area (Å²) in [5.74, 6) is -1.79. The van der Waals surface area contributed by atoms with Gasteiger partial charge < -0.3 is 25.2 Å². The normalized spacial score (nSPS) is 15.1. The molecule has 6 heteroatoms. The summed E-state index contributed by atoms with van der Waals surface area (Å²) in [7, 11) is 0. The van der Waals surface area contributed by atoms with Gasteiger partial charge in [0.1, 0.15) is 12.2 Å². The molecule has 0 rings (SSSR count). The third kappa shape index (κ3) is 4.21. The molecule has 10 heavy (non-hydrogen) atoms. The Bertz CT molecular complexity index is 106. The monoisotopic (exact) mass is 158 g/mol. The van der Waals surface area contributed by atoms with Crippen LogP contribution in [0.1, 0.15) is 0 Å². The fourth-order valence-electron chi connectivity index (χ4n) is 0.257. The minimum Gasteiger partial charge on any atom is -0.547 e. The molecule has 0 amide bonds. The number of aliphatic carboxylic acids is 1. The van der Waals surface area contributed by atoms with Crippen LogP contribution in [0.5, 0.6) is 0 Å². The third-order valence-electron chi connectivity index (χ3n) is 0.793. The van der Waals surface area contributed by atoms with Crippen LogP contribution in [0.15, 0.2) is 0 Å². The van der Waals surface area contributed by atoms with E-state index in [2.05, 4.69) is 0 Å². The Balaban J connectivity index is 0. The van der Waals surface area contributed by atoms with Crippen LogP contribution in [0, 0.1) is 0 Å². The van der Waals surface area contributed by atoms with Gasteiger partial charge in [0.2, 0.25) is 0 Å². The maximum atomic E-state index is 9.67. The zero-order valence-electron chi connectivity index (χ0n) is 5.52. The minimum absolute atomic E-state index is 0. The van der Waals surface area contributed by atoms with Gasteiger partial charge in [-0.15, -0.1) is 0 Å². The van der Waals surface area contributed by atoms with E-state index < -0.39 is 24.8 Å². The fraction of sp³-hybridized carbons (Fsp3) is 0.750. The summed E-state index contributed by atoms with van der Waals surface area (Å²) in [6.07, 6.45) is -3.66. The van der Waals surface area contributed by atoms with Crippen LogP contribution < -0.4 is 34.7 Å². The summed E-state index contributed by atoms with van der Waals surface area (Å²) >= 11 is 0. The van der Waals surface area contributed by atoms with Crippen molar-refractivity contribution in [2.75, 3.05) is 6.61 Å². The van der Waals surface area contributed by atoms with Crippen LogP contribution in [-0.4, -0.2) is 40.1 Å². The van der Waals surface area contributed by atoms with Crippen molar-refractivity contribution in [3.63, 3.8) is 0 Å². The van der Waals surface area contributed by atoms with Crippen LogP contribution in [0.4, 0.5) is 0 Å². The smallest absolute Gasteiger partial charge is 0.547 e. The van der Waals surface area contributed by atoms with Crippen LogP contribution in [0.25, 0.3) is 0 Å². The zero-order chi connectivity index (χ0) is 7.44. The molecule has 0 fully saturated rings. The van der Waals surface area contributed by atoms with Gasteiger partial charge in [-0.1, -0.05) is 0 Å². The number of carboxylic acid groups (broad SMARTS) is 1.